The van der Waals surface area contributed by atoms with Crippen LogP contribution in [0.25, 0.3) is 0 Å². The molecule has 2 saturated carbocycles. The van der Waals surface area contributed by atoms with Crippen molar-refractivity contribution in [2.24, 2.45) is 16.7 Å². The summed E-state index contributed by atoms with van der Waals surface area (Å²) in [6, 6.07) is 41.2. The molecule has 2 bridgehead atoms. The molecule has 5 fully saturated rings. The van der Waals surface area contributed by atoms with Gasteiger partial charge in [-0.15, -0.1) is 0 Å². The second-order valence-corrected chi connectivity index (χ2v) is 31.6. The van der Waals surface area contributed by atoms with Gasteiger partial charge in [0.15, 0.2) is 14.7 Å². The van der Waals surface area contributed by atoms with E-state index in [2.05, 4.69) is 95.9 Å². The summed E-state index contributed by atoms with van der Waals surface area (Å²) in [5, 5.41) is 20.9. The zero-order valence-corrected chi connectivity index (χ0v) is 65.2. The molecule has 4 aromatic carbocycles. The highest BCUT2D eigenvalue weighted by molar-refractivity contribution is 7.97. The average molecular weight is 1490 g/mol. The molecule has 3 heterocycles. The number of Topliss-reactive ketones (excluding diaryl/α,β-unsaturated/α-hetero) is 1. The third kappa shape index (κ3) is 33.8. The molecule has 0 radical (unpaired) electrons. The average Bonchev–Trinajstić information content (AvgIpc) is 1.55. The van der Waals surface area contributed by atoms with Gasteiger partial charge >= 0.3 is 12.1 Å². The highest BCUT2D eigenvalue weighted by Crippen LogP contribution is 2.64. The summed E-state index contributed by atoms with van der Waals surface area (Å²) in [7, 11) is 0.620. The van der Waals surface area contributed by atoms with E-state index in [9.17, 15) is 37.7 Å². The van der Waals surface area contributed by atoms with Crippen molar-refractivity contribution >= 4 is 38.9 Å². The van der Waals surface area contributed by atoms with Crippen LogP contribution in [0.5, 0.6) is 0 Å². The molecule has 3 aliphatic heterocycles. The molecular weight excluding hydrogens is 1360 g/mol. The van der Waals surface area contributed by atoms with Gasteiger partial charge in [0.25, 0.3) is 0 Å². The Bertz CT molecular complexity index is 2890. The van der Waals surface area contributed by atoms with Gasteiger partial charge in [0.2, 0.25) is 0 Å². The van der Waals surface area contributed by atoms with Crippen LogP contribution in [-0.4, -0.2) is 257 Å². The van der Waals surface area contributed by atoms with E-state index in [0.29, 0.717) is 150 Å². The number of aliphatic hydroxyl groups excluding tert-OH is 1. The Kier molecular flexibility index (Phi) is 42.4. The first-order chi connectivity index (χ1) is 49.2. The van der Waals surface area contributed by atoms with Crippen molar-refractivity contribution in [2.75, 3.05) is 172 Å². The maximum Gasteiger partial charge on any atom is 0.410 e. The zero-order chi connectivity index (χ0) is 75.6. The van der Waals surface area contributed by atoms with Crippen LogP contribution in [0.15, 0.2) is 136 Å². The van der Waals surface area contributed by atoms with E-state index in [0.717, 1.165) is 52.3 Å². The maximum atomic E-state index is 12.1. The smallest absolute Gasteiger partial charge is 0.410 e. The third-order valence-electron chi connectivity index (χ3n) is 18.8. The summed E-state index contributed by atoms with van der Waals surface area (Å²) in [5.41, 5.74) is -1.88. The van der Waals surface area contributed by atoms with Crippen LogP contribution >= 0.6 is 0 Å². The highest BCUT2D eigenvalue weighted by Gasteiger charge is 2.64. The Hall–Kier alpha value is -5.01. The number of ether oxygens (including phenoxy) is 12. The van der Waals surface area contributed by atoms with Crippen molar-refractivity contribution in [1.29, 1.82) is 0 Å². The number of morpholine rings is 1. The summed E-state index contributed by atoms with van der Waals surface area (Å²) in [6.45, 7) is 32.7. The number of nitrogens with zero attached hydrogens (tertiary/aromatic N) is 3. The zero-order valence-electron chi connectivity index (χ0n) is 63.6. The number of hydrogen-bond donors (Lipinski definition) is 2. The number of methoxy groups -OCH3 is 3. The van der Waals surface area contributed by atoms with E-state index in [-0.39, 0.29) is 52.3 Å². The van der Waals surface area contributed by atoms with Crippen LogP contribution in [0.1, 0.15) is 124 Å². The standard InChI is InChI=1S/C18H15S.C16H23NO3.C13H27NO5.C11H21NO3.C10H22O5.C10H16O4S/c1-4-10-16(11-5-1)19(17-12-6-2-7-13-17)18-14-8-3-9-15-18;1-15(2)10-13(11-16(3,4)17(15)19)20-14(18)12-8-6-5-7-9-12;1-15-8-9-18-12-13-19-11-10-17-7-4-14-2-5-16-6-3-14;1-4-11(2,3)15-10(14)12-7-5-9(13)6-8-12;1-11-3-5-13-7-9-15-10-8-14-6-4-12-2;1-9(2)7-3-4-10(9,8(11)5-7)6-15(12,13)14/h1-15H;5-9,13,19H,10-11H2,1-4H3;2-13H2,1H3;9,13H,4-8H2,1-3H3;3-10H2,1-2H3;7H,3-6H2,1-2H3,(H,12,13,14)/q+1;;;;;/p-1. The molecular formula is C78H123N3O20S2. The normalized spacial score (nSPS) is 19.4. The monoisotopic (exact) mass is 1490 g/mol. The van der Waals surface area contributed by atoms with Gasteiger partial charge < -0.3 is 76.6 Å². The number of hydrogen-bond acceptors (Lipinski definition) is 22. The second kappa shape index (κ2) is 48.3. The number of hydroxylamine groups is 2. The van der Waals surface area contributed by atoms with Crippen LogP contribution in [0.3, 0.4) is 0 Å². The van der Waals surface area contributed by atoms with Gasteiger partial charge in [-0.3, -0.25) is 9.69 Å². The minimum absolute atomic E-state index is 0.0146. The fourth-order valence-corrected chi connectivity index (χ4v) is 15.9. The molecule has 2 N–H and O–H groups in total. The van der Waals surface area contributed by atoms with Crippen molar-refractivity contribution in [3.8, 4) is 0 Å². The molecule has 582 valence electrons. The van der Waals surface area contributed by atoms with Crippen molar-refractivity contribution in [3.05, 3.63) is 127 Å². The van der Waals surface area contributed by atoms with E-state index in [1.54, 1.807) is 38.4 Å². The van der Waals surface area contributed by atoms with Crippen molar-refractivity contribution in [1.82, 2.24) is 14.9 Å². The minimum Gasteiger partial charge on any atom is -0.748 e. The predicted molar refractivity (Wildman–Crippen MR) is 397 cm³/mol. The number of fused-ring (bicyclic) bond motifs is 2. The third-order valence-corrected chi connectivity index (χ3v) is 21.8. The number of amides is 1. The molecule has 2 atom stereocenters. The first kappa shape index (κ1) is 90.4. The van der Waals surface area contributed by atoms with Crippen LogP contribution in [0, 0.1) is 16.7 Å². The van der Waals surface area contributed by atoms with E-state index in [1.165, 1.54) is 19.7 Å². The molecule has 23 nitrogen and oxygen atoms in total. The maximum absolute atomic E-state index is 12.1. The molecule has 5 aliphatic rings. The molecule has 25 heteroatoms. The molecule has 103 heavy (non-hydrogen) atoms. The number of esters is 1. The number of aliphatic hydroxyl groups is 1. The lowest BCUT2D eigenvalue weighted by molar-refractivity contribution is -0.256. The molecule has 3 saturated heterocycles. The largest absolute Gasteiger partial charge is 0.748 e. The number of benzene rings is 4. The van der Waals surface area contributed by atoms with Gasteiger partial charge in [0.05, 0.1) is 151 Å². The summed E-state index contributed by atoms with van der Waals surface area (Å²) in [4.78, 5) is 43.8. The Morgan fingerprint density at radius 3 is 1.34 bits per heavy atom. The molecule has 2 aliphatic carbocycles. The SMILES string of the molecule is CC1(C)C2CCC1(CS(=O)(=O)[O-])C(=O)C2.CC1(C)CC(OC(=O)c2ccccc2)CC(C)(C)N1O.CCC(C)(C)OC(=O)N1CCC(O)CC1.COCCOCCOCCOCCN1CCOCC1.COCCOCCOCCOCCOC.c1ccc([S+](c2ccccc2)c2ccccc2)cc1. The molecule has 1 amide bonds. The molecule has 0 spiro atoms. The number of piperidine rings is 2. The Morgan fingerprint density at radius 2 is 0.981 bits per heavy atom. The van der Waals surface area contributed by atoms with Gasteiger partial charge in [-0.25, -0.2) is 18.0 Å². The van der Waals surface area contributed by atoms with Gasteiger partial charge in [0.1, 0.15) is 17.5 Å². The van der Waals surface area contributed by atoms with E-state index in [1.807, 2.05) is 80.5 Å². The van der Waals surface area contributed by atoms with Crippen LogP contribution in [0.2, 0.25) is 0 Å². The molecule has 0 aromatic heterocycles. The summed E-state index contributed by atoms with van der Waals surface area (Å²) >= 11 is 0. The summed E-state index contributed by atoms with van der Waals surface area (Å²) in [6.07, 6.45) is 4.52. The summed E-state index contributed by atoms with van der Waals surface area (Å²) < 4.78 is 95.3. The fraction of sp³-hybridized carbons (Fsp3) is 0.654. The quantitative estimate of drug-likeness (QED) is 0.0194. The van der Waals surface area contributed by atoms with E-state index < -0.39 is 38.0 Å². The fourth-order valence-electron chi connectivity index (χ4n) is 12.5. The van der Waals surface area contributed by atoms with Gasteiger partial charge in [-0.2, -0.15) is 5.06 Å². The van der Waals surface area contributed by atoms with E-state index in [4.69, 9.17) is 56.8 Å². The molecule has 9 rings (SSSR count). The lowest BCUT2D eigenvalue weighted by Crippen LogP contribution is -2.60. The Morgan fingerprint density at radius 1 is 0.592 bits per heavy atom. The number of carbonyl (C=O) groups is 3. The molecule has 2 unspecified atom stereocenters. The number of likely N-dealkylation sites (tertiary alicyclic amines) is 1. The first-order valence-electron chi connectivity index (χ1n) is 36.2. The number of rotatable bonds is 33. The number of ketones is 1. The first-order valence-corrected chi connectivity index (χ1v) is 39.0. The van der Waals surface area contributed by atoms with Gasteiger partial charge in [0, 0.05) is 89.8 Å². The van der Waals surface area contributed by atoms with Crippen LogP contribution in [-0.2, 0) is 82.7 Å². The van der Waals surface area contributed by atoms with Crippen LogP contribution in [0.4, 0.5) is 4.79 Å². The van der Waals surface area contributed by atoms with Gasteiger partial charge in [-0.1, -0.05) is 93.6 Å². The molecule has 4 aromatic rings. The Balaban J connectivity index is 0.000000263. The predicted octanol–water partition coefficient (Wildman–Crippen LogP) is 11.1. The van der Waals surface area contributed by atoms with Gasteiger partial charge in [-0.05, 0) is 134 Å². The van der Waals surface area contributed by atoms with E-state index >= 15 is 0 Å². The topological polar surface area (TPSA) is 269 Å². The van der Waals surface area contributed by atoms with Crippen molar-refractivity contribution in [3.63, 3.8) is 0 Å². The lowest BCUT2D eigenvalue weighted by Gasteiger charge is -2.50. The summed E-state index contributed by atoms with van der Waals surface area (Å²) in [5.74, 6) is -0.578. The van der Waals surface area contributed by atoms with Crippen LogP contribution < -0.4 is 0 Å². The Labute approximate surface area is 618 Å². The number of carbonyl (C=O) groups excluding carboxylic acids is 3. The van der Waals surface area contributed by atoms with Crippen molar-refractivity contribution < 1.29 is 94.5 Å². The second-order valence-electron chi connectivity index (χ2n) is 28.2. The minimum atomic E-state index is -4.33. The lowest BCUT2D eigenvalue weighted by atomic mass is 9.70. The van der Waals surface area contributed by atoms with Crippen molar-refractivity contribution in [2.45, 2.75) is 157 Å². The highest BCUT2D eigenvalue weighted by atomic mass is 32.2.